The summed E-state index contributed by atoms with van der Waals surface area (Å²) in [6, 6.07) is 6.92. The molecule has 2 heterocycles. The van der Waals surface area contributed by atoms with Crippen molar-refractivity contribution in [1.29, 1.82) is 0 Å². The van der Waals surface area contributed by atoms with Crippen molar-refractivity contribution >= 4 is 5.91 Å². The number of carbonyl (C=O) groups is 1. The van der Waals surface area contributed by atoms with E-state index in [4.69, 9.17) is 9.47 Å². The first-order valence-corrected chi connectivity index (χ1v) is 9.82. The van der Waals surface area contributed by atoms with Crippen LogP contribution in [-0.2, 0) is 4.79 Å². The Hall–Kier alpha value is -1.75. The zero-order valence-corrected chi connectivity index (χ0v) is 16.5. The smallest absolute Gasteiger partial charge is 0.237 e. The van der Waals surface area contributed by atoms with Crippen LogP contribution in [-0.4, -0.2) is 55.1 Å². The number of ether oxygens (including phenoxy) is 2. The molecule has 26 heavy (non-hydrogen) atoms. The van der Waals surface area contributed by atoms with Gasteiger partial charge in [0.05, 0.1) is 20.8 Å². The first-order chi connectivity index (χ1) is 12.5. The lowest BCUT2D eigenvalue weighted by molar-refractivity contribution is -0.138. The van der Waals surface area contributed by atoms with Crippen LogP contribution in [0.1, 0.15) is 57.6 Å². The van der Waals surface area contributed by atoms with Crippen molar-refractivity contribution in [2.75, 3.05) is 27.3 Å². The van der Waals surface area contributed by atoms with Crippen LogP contribution >= 0.6 is 0 Å². The van der Waals surface area contributed by atoms with E-state index < -0.39 is 0 Å². The quantitative estimate of drug-likeness (QED) is 0.804. The average Bonchev–Trinajstić information content (AvgIpc) is 3.08. The highest BCUT2D eigenvalue weighted by Gasteiger charge is 2.34. The summed E-state index contributed by atoms with van der Waals surface area (Å²) >= 11 is 0. The fraction of sp³-hybridized carbons (Fsp3) is 0.667. The maximum absolute atomic E-state index is 13.0. The van der Waals surface area contributed by atoms with Gasteiger partial charge in [-0.1, -0.05) is 6.07 Å². The fourth-order valence-electron chi connectivity index (χ4n) is 4.63. The van der Waals surface area contributed by atoms with E-state index in [1.807, 2.05) is 12.1 Å². The topological polar surface area (TPSA) is 42.0 Å². The molecule has 3 atom stereocenters. The monoisotopic (exact) mass is 360 g/mol. The molecule has 5 nitrogen and oxygen atoms in total. The summed E-state index contributed by atoms with van der Waals surface area (Å²) in [6.45, 7) is 5.82. The average molecular weight is 360 g/mol. The second-order valence-electron chi connectivity index (χ2n) is 7.67. The minimum Gasteiger partial charge on any atom is -0.497 e. The lowest BCUT2D eigenvalue weighted by Crippen LogP contribution is -2.51. The van der Waals surface area contributed by atoms with Crippen molar-refractivity contribution in [3.63, 3.8) is 0 Å². The number of likely N-dealkylation sites (tertiary alicyclic amines) is 2. The molecule has 1 aromatic rings. The van der Waals surface area contributed by atoms with Gasteiger partial charge in [-0.15, -0.1) is 0 Å². The zero-order chi connectivity index (χ0) is 18.7. The normalized spacial score (nSPS) is 26.8. The molecule has 144 valence electrons. The molecule has 0 aromatic heterocycles. The number of hydrogen-bond acceptors (Lipinski definition) is 4. The number of rotatable bonds is 5. The predicted molar refractivity (Wildman–Crippen MR) is 103 cm³/mol. The molecule has 0 unspecified atom stereocenters. The van der Waals surface area contributed by atoms with Crippen LogP contribution in [0.5, 0.6) is 11.5 Å². The number of nitrogens with zero attached hydrogens (tertiary/aromatic N) is 2. The summed E-state index contributed by atoms with van der Waals surface area (Å²) in [7, 11) is 3.36. The highest BCUT2D eigenvalue weighted by Crippen LogP contribution is 2.38. The van der Waals surface area contributed by atoms with Gasteiger partial charge in [0.15, 0.2) is 0 Å². The molecular weight excluding hydrogens is 328 g/mol. The number of hydrogen-bond donors (Lipinski definition) is 0. The van der Waals surface area contributed by atoms with Gasteiger partial charge in [0.2, 0.25) is 5.91 Å². The highest BCUT2D eigenvalue weighted by molar-refractivity contribution is 5.79. The van der Waals surface area contributed by atoms with Crippen molar-refractivity contribution < 1.29 is 14.3 Å². The van der Waals surface area contributed by atoms with E-state index in [-0.39, 0.29) is 11.9 Å². The van der Waals surface area contributed by atoms with Crippen LogP contribution in [0.2, 0.25) is 0 Å². The molecule has 0 N–H and O–H groups in total. The Kier molecular flexibility index (Phi) is 6.07. The summed E-state index contributed by atoms with van der Waals surface area (Å²) in [5.74, 6) is 1.90. The van der Waals surface area contributed by atoms with Gasteiger partial charge >= 0.3 is 0 Å². The highest BCUT2D eigenvalue weighted by atomic mass is 16.5. The molecule has 1 aromatic carbocycles. The summed E-state index contributed by atoms with van der Waals surface area (Å²) in [4.78, 5) is 17.5. The molecule has 2 fully saturated rings. The van der Waals surface area contributed by atoms with Crippen LogP contribution in [0.25, 0.3) is 0 Å². The van der Waals surface area contributed by atoms with Crippen molar-refractivity contribution in [3.8, 4) is 11.5 Å². The van der Waals surface area contributed by atoms with E-state index in [9.17, 15) is 4.79 Å². The fourth-order valence-corrected chi connectivity index (χ4v) is 4.63. The molecule has 0 radical (unpaired) electrons. The van der Waals surface area contributed by atoms with Gasteiger partial charge in [0.25, 0.3) is 0 Å². The van der Waals surface area contributed by atoms with E-state index in [1.165, 1.54) is 6.42 Å². The maximum Gasteiger partial charge on any atom is 0.237 e. The first-order valence-electron chi connectivity index (χ1n) is 9.82. The standard InChI is InChI=1S/C21H32N2O3/c1-15-7-5-8-16(2)23(15)21(24)14-22-12-6-9-19(22)18-11-10-17(25-3)13-20(18)26-4/h10-11,13,15-16,19H,5-9,12,14H2,1-4H3/t15-,16+,19-/m1/s1. The number of methoxy groups -OCH3 is 2. The molecule has 0 saturated carbocycles. The maximum atomic E-state index is 13.0. The SMILES string of the molecule is COc1ccc([C@H]2CCCN2CC(=O)N2[C@H](C)CCC[C@@H]2C)c(OC)c1. The van der Waals surface area contributed by atoms with Crippen LogP contribution < -0.4 is 9.47 Å². The lowest BCUT2D eigenvalue weighted by Gasteiger charge is -2.40. The Bertz CT molecular complexity index is 624. The van der Waals surface area contributed by atoms with Crippen LogP contribution in [0.3, 0.4) is 0 Å². The lowest BCUT2D eigenvalue weighted by atomic mass is 9.97. The van der Waals surface area contributed by atoms with E-state index in [0.717, 1.165) is 49.3 Å². The van der Waals surface area contributed by atoms with E-state index in [0.29, 0.717) is 18.6 Å². The van der Waals surface area contributed by atoms with Crippen molar-refractivity contribution in [2.45, 2.75) is 64.1 Å². The third-order valence-electron chi connectivity index (χ3n) is 5.98. The second kappa shape index (κ2) is 8.30. The molecule has 2 aliphatic heterocycles. The summed E-state index contributed by atoms with van der Waals surface area (Å²) < 4.78 is 10.9. The molecular formula is C21H32N2O3. The number of carbonyl (C=O) groups excluding carboxylic acids is 1. The molecule has 3 rings (SSSR count). The third kappa shape index (κ3) is 3.83. The number of amides is 1. The summed E-state index contributed by atoms with van der Waals surface area (Å²) in [5, 5.41) is 0. The van der Waals surface area contributed by atoms with Crippen LogP contribution in [0.4, 0.5) is 0 Å². The Morgan fingerprint density at radius 1 is 1.08 bits per heavy atom. The third-order valence-corrected chi connectivity index (χ3v) is 5.98. The van der Waals surface area contributed by atoms with Gasteiger partial charge in [-0.3, -0.25) is 9.69 Å². The molecule has 2 saturated heterocycles. The van der Waals surface area contributed by atoms with Crippen molar-refractivity contribution in [3.05, 3.63) is 23.8 Å². The van der Waals surface area contributed by atoms with Gasteiger partial charge in [-0.25, -0.2) is 0 Å². The largest absolute Gasteiger partial charge is 0.497 e. The van der Waals surface area contributed by atoms with Gasteiger partial charge in [0, 0.05) is 29.8 Å². The first kappa shape index (κ1) is 19.0. The minimum atomic E-state index is 0.232. The Labute approximate surface area is 157 Å². The molecule has 0 bridgehead atoms. The second-order valence-corrected chi connectivity index (χ2v) is 7.67. The summed E-state index contributed by atoms with van der Waals surface area (Å²) in [6.07, 6.45) is 5.62. The van der Waals surface area contributed by atoms with E-state index in [1.54, 1.807) is 14.2 Å². The minimum absolute atomic E-state index is 0.232. The molecule has 5 heteroatoms. The van der Waals surface area contributed by atoms with Crippen LogP contribution in [0.15, 0.2) is 18.2 Å². The number of piperidine rings is 1. The number of benzene rings is 1. The van der Waals surface area contributed by atoms with Gasteiger partial charge in [-0.2, -0.15) is 0 Å². The van der Waals surface area contributed by atoms with Crippen molar-refractivity contribution in [1.82, 2.24) is 9.80 Å². The molecule has 0 spiro atoms. The predicted octanol–water partition coefficient (Wildman–Crippen LogP) is 3.63. The van der Waals surface area contributed by atoms with Gasteiger partial charge in [0.1, 0.15) is 11.5 Å². The molecule has 2 aliphatic rings. The Balaban J connectivity index is 1.75. The van der Waals surface area contributed by atoms with Gasteiger partial charge < -0.3 is 14.4 Å². The van der Waals surface area contributed by atoms with E-state index in [2.05, 4.69) is 29.7 Å². The summed E-state index contributed by atoms with van der Waals surface area (Å²) in [5.41, 5.74) is 1.15. The molecule has 1 amide bonds. The Morgan fingerprint density at radius 2 is 1.81 bits per heavy atom. The van der Waals surface area contributed by atoms with Gasteiger partial charge in [-0.05, 0) is 58.6 Å². The Morgan fingerprint density at radius 3 is 2.46 bits per heavy atom. The van der Waals surface area contributed by atoms with Crippen molar-refractivity contribution in [2.24, 2.45) is 0 Å². The molecule has 0 aliphatic carbocycles. The van der Waals surface area contributed by atoms with E-state index >= 15 is 0 Å². The van der Waals surface area contributed by atoms with Crippen LogP contribution in [0, 0.1) is 0 Å². The zero-order valence-electron chi connectivity index (χ0n) is 16.5.